The fourth-order valence-corrected chi connectivity index (χ4v) is 3.77. The summed E-state index contributed by atoms with van der Waals surface area (Å²) in [4.78, 5) is 4.03. The van der Waals surface area contributed by atoms with Crippen molar-refractivity contribution in [2.45, 2.75) is 31.0 Å². The molecule has 1 aromatic rings. The quantitative estimate of drug-likeness (QED) is 0.659. The van der Waals surface area contributed by atoms with Crippen molar-refractivity contribution >= 4 is 9.84 Å². The fourth-order valence-electron chi connectivity index (χ4n) is 3.13. The predicted octanol–water partition coefficient (Wildman–Crippen LogP) is 3.83. The van der Waals surface area contributed by atoms with Crippen LogP contribution in [0, 0.1) is 18.3 Å². The van der Waals surface area contributed by atoms with Gasteiger partial charge in [0.25, 0.3) is 0 Å². The third-order valence-electron chi connectivity index (χ3n) is 4.49. The Morgan fingerprint density at radius 2 is 1.96 bits per heavy atom. The number of halogens is 3. The van der Waals surface area contributed by atoms with Gasteiger partial charge in [-0.1, -0.05) is 6.07 Å². The van der Waals surface area contributed by atoms with E-state index in [1.165, 1.54) is 12.1 Å². The number of nitriles is 1. The number of fused-ring (bicyclic) bond motifs is 1. The fraction of sp³-hybridized carbons (Fsp3) is 0.263. The number of pyridine rings is 1. The Labute approximate surface area is 160 Å². The average molecular weight is 407 g/mol. The molecule has 9 heteroatoms. The number of aryl methyl sites for hydroxylation is 1. The molecule has 0 spiro atoms. The van der Waals surface area contributed by atoms with Crippen molar-refractivity contribution in [2.75, 3.05) is 6.26 Å². The maximum Gasteiger partial charge on any atom is 0.416 e. The van der Waals surface area contributed by atoms with Crippen LogP contribution in [-0.4, -0.2) is 24.2 Å². The Bertz CT molecular complexity index is 1160. The Hall–Kier alpha value is -2.86. The van der Waals surface area contributed by atoms with Crippen LogP contribution in [0.2, 0.25) is 0 Å². The number of hydrogen-bond acceptors (Lipinski definition) is 4. The van der Waals surface area contributed by atoms with Gasteiger partial charge in [0.1, 0.15) is 5.82 Å². The molecule has 0 N–H and O–H groups in total. The summed E-state index contributed by atoms with van der Waals surface area (Å²) in [6.07, 6.45) is -2.07. The van der Waals surface area contributed by atoms with E-state index in [0.717, 1.165) is 11.8 Å². The number of rotatable bonds is 4. The largest absolute Gasteiger partial charge is 0.416 e. The molecule has 146 valence electrons. The van der Waals surface area contributed by atoms with E-state index >= 15 is 0 Å². The van der Waals surface area contributed by atoms with E-state index in [1.807, 2.05) is 0 Å². The lowest BCUT2D eigenvalue weighted by Crippen LogP contribution is -2.14. The highest BCUT2D eigenvalue weighted by atomic mass is 32.2. The van der Waals surface area contributed by atoms with E-state index in [1.54, 1.807) is 29.8 Å². The van der Waals surface area contributed by atoms with Crippen molar-refractivity contribution in [1.82, 2.24) is 9.55 Å². The summed E-state index contributed by atoms with van der Waals surface area (Å²) in [7, 11) is -3.77. The minimum absolute atomic E-state index is 0.0695. The molecule has 3 rings (SSSR count). The van der Waals surface area contributed by atoms with Gasteiger partial charge in [0.2, 0.25) is 0 Å². The number of hydrogen-bond donors (Lipinski definition) is 0. The van der Waals surface area contributed by atoms with E-state index in [2.05, 4.69) is 11.1 Å². The van der Waals surface area contributed by atoms with Gasteiger partial charge in [-0.3, -0.25) is 0 Å². The van der Waals surface area contributed by atoms with Gasteiger partial charge in [-0.25, -0.2) is 13.4 Å². The first-order valence-corrected chi connectivity index (χ1v) is 10.1. The molecule has 2 aliphatic rings. The van der Waals surface area contributed by atoms with Crippen LogP contribution in [0.1, 0.15) is 22.4 Å². The second kappa shape index (κ2) is 6.95. The molecule has 0 aromatic heterocycles. The van der Waals surface area contributed by atoms with Gasteiger partial charge < -0.3 is 4.57 Å². The Morgan fingerprint density at radius 1 is 1.25 bits per heavy atom. The summed E-state index contributed by atoms with van der Waals surface area (Å²) in [5.74, 6) is 0.477. The zero-order valence-corrected chi connectivity index (χ0v) is 15.9. The Balaban J connectivity index is 2.10. The standard InChI is InChI=1S/C19H16F3N3O2S/c1-12-15(7-8-23)16-4-3-9-25(18(16)24-12)11-13-5-6-14(28(2,26)27)10-17(13)19(20,21)22/h3-6,9-10H,7,11H2,1-2H3. The third-order valence-corrected chi connectivity index (χ3v) is 5.60. The molecule has 0 fully saturated rings. The Morgan fingerprint density at radius 3 is 2.57 bits per heavy atom. The van der Waals surface area contributed by atoms with Crippen LogP contribution in [-0.2, 0) is 29.0 Å². The number of alkyl halides is 3. The van der Waals surface area contributed by atoms with Crippen molar-refractivity contribution in [2.24, 2.45) is 0 Å². The van der Waals surface area contributed by atoms with E-state index in [-0.39, 0.29) is 23.4 Å². The third kappa shape index (κ3) is 3.73. The molecule has 2 heterocycles. The molecule has 5 nitrogen and oxygen atoms in total. The SMILES string of the molecule is Cc1nc2n(Cc3ccc(S(C)(=O)=O)cc3C(F)(F)F)cccc-2c1CC#N. The maximum atomic E-state index is 13.5. The molecule has 0 bridgehead atoms. The van der Waals surface area contributed by atoms with Gasteiger partial charge in [-0.05, 0) is 42.3 Å². The number of benzene rings is 1. The van der Waals surface area contributed by atoms with E-state index in [9.17, 15) is 21.6 Å². The second-order valence-electron chi connectivity index (χ2n) is 6.47. The molecule has 0 amide bonds. The second-order valence-corrected chi connectivity index (χ2v) is 8.49. The van der Waals surface area contributed by atoms with Gasteiger partial charge in [0.15, 0.2) is 9.84 Å². The summed E-state index contributed by atoms with van der Waals surface area (Å²) in [6.45, 7) is 1.61. The lowest BCUT2D eigenvalue weighted by atomic mass is 10.0. The molecule has 0 unspecified atom stereocenters. The van der Waals surface area contributed by atoms with Gasteiger partial charge >= 0.3 is 6.18 Å². The van der Waals surface area contributed by atoms with E-state index in [0.29, 0.717) is 23.1 Å². The highest BCUT2D eigenvalue weighted by Crippen LogP contribution is 2.35. The lowest BCUT2D eigenvalue weighted by molar-refractivity contribution is -0.138. The monoisotopic (exact) mass is 407 g/mol. The van der Waals surface area contributed by atoms with Gasteiger partial charge in [-0.15, -0.1) is 0 Å². The predicted molar refractivity (Wildman–Crippen MR) is 96.6 cm³/mol. The summed E-state index contributed by atoms with van der Waals surface area (Å²) >= 11 is 0. The van der Waals surface area contributed by atoms with E-state index < -0.39 is 21.6 Å². The molecule has 1 aromatic carbocycles. The summed E-state index contributed by atoms with van der Waals surface area (Å²) in [5, 5.41) is 8.99. The first-order valence-electron chi connectivity index (χ1n) is 8.24. The minimum atomic E-state index is -4.70. The van der Waals surface area contributed by atoms with Gasteiger partial charge in [0, 0.05) is 30.3 Å². The average Bonchev–Trinajstić information content (AvgIpc) is 2.91. The number of sulfone groups is 1. The van der Waals surface area contributed by atoms with Crippen molar-refractivity contribution < 1.29 is 21.6 Å². The van der Waals surface area contributed by atoms with E-state index in [4.69, 9.17) is 5.26 Å². The minimum Gasteiger partial charge on any atom is -0.328 e. The zero-order chi connectivity index (χ0) is 20.7. The van der Waals surface area contributed by atoms with Crippen molar-refractivity contribution in [3.63, 3.8) is 0 Å². The summed E-state index contributed by atoms with van der Waals surface area (Å²) < 4.78 is 65.5. The topological polar surface area (TPSA) is 75.8 Å². The van der Waals surface area contributed by atoms with Crippen LogP contribution in [0.15, 0.2) is 41.4 Å². The van der Waals surface area contributed by atoms with Crippen LogP contribution < -0.4 is 0 Å². The maximum absolute atomic E-state index is 13.5. The van der Waals surface area contributed by atoms with Crippen LogP contribution in [0.3, 0.4) is 0 Å². The molecule has 2 aliphatic heterocycles. The molecular formula is C19H16F3N3O2S. The Kier molecular flexibility index (Phi) is 4.93. The first kappa shape index (κ1) is 19.9. The van der Waals surface area contributed by atoms with Crippen LogP contribution in [0.25, 0.3) is 11.4 Å². The molecule has 0 saturated heterocycles. The summed E-state index contributed by atoms with van der Waals surface area (Å²) in [5.41, 5.74) is 1.04. The molecular weight excluding hydrogens is 391 g/mol. The van der Waals surface area contributed by atoms with Gasteiger partial charge in [-0.2, -0.15) is 18.4 Å². The molecule has 28 heavy (non-hydrogen) atoms. The molecule has 0 saturated carbocycles. The van der Waals surface area contributed by atoms with Gasteiger partial charge in [0.05, 0.1) is 22.9 Å². The molecule has 0 aliphatic carbocycles. The highest BCUT2D eigenvalue weighted by Gasteiger charge is 2.34. The number of aromatic nitrogens is 2. The van der Waals surface area contributed by atoms with Crippen LogP contribution in [0.5, 0.6) is 0 Å². The van der Waals surface area contributed by atoms with Crippen LogP contribution >= 0.6 is 0 Å². The lowest BCUT2D eigenvalue weighted by Gasteiger charge is -2.17. The zero-order valence-electron chi connectivity index (χ0n) is 15.1. The smallest absolute Gasteiger partial charge is 0.328 e. The van der Waals surface area contributed by atoms with Crippen LogP contribution in [0.4, 0.5) is 13.2 Å². The van der Waals surface area contributed by atoms with Crippen molar-refractivity contribution in [3.8, 4) is 17.5 Å². The highest BCUT2D eigenvalue weighted by molar-refractivity contribution is 7.90. The molecule has 0 atom stereocenters. The number of nitrogens with zero attached hydrogens (tertiary/aromatic N) is 3. The van der Waals surface area contributed by atoms with Crippen molar-refractivity contribution in [3.05, 3.63) is 58.9 Å². The molecule has 0 radical (unpaired) electrons. The normalized spacial score (nSPS) is 12.3. The summed E-state index contributed by atoms with van der Waals surface area (Å²) in [6, 6.07) is 8.54. The first-order chi connectivity index (χ1) is 13.0. The van der Waals surface area contributed by atoms with Crippen molar-refractivity contribution in [1.29, 1.82) is 5.26 Å².